The number of nitrogens with two attached hydrogens (primary N) is 1. The van der Waals surface area contributed by atoms with E-state index < -0.39 is 0 Å². The van der Waals surface area contributed by atoms with Gasteiger partial charge in [0.1, 0.15) is 5.69 Å². The Hall–Kier alpha value is -2.89. The molecule has 0 spiro atoms. The Balaban J connectivity index is 2.04. The van der Waals surface area contributed by atoms with Crippen molar-refractivity contribution in [2.24, 2.45) is 0 Å². The molecule has 4 N–H and O–H groups in total. The highest BCUT2D eigenvalue weighted by Gasteiger charge is 2.07. The molecule has 1 aromatic heterocycles. The highest BCUT2D eigenvalue weighted by molar-refractivity contribution is 6.03. The number of hydrogen-bond acceptors (Lipinski definition) is 4. The van der Waals surface area contributed by atoms with E-state index >= 15 is 0 Å². The van der Waals surface area contributed by atoms with Crippen LogP contribution in [0.5, 0.6) is 0 Å². The van der Waals surface area contributed by atoms with E-state index in [0.717, 1.165) is 0 Å². The zero-order valence-corrected chi connectivity index (χ0v) is 10.9. The summed E-state index contributed by atoms with van der Waals surface area (Å²) in [5, 5.41) is 5.35. The van der Waals surface area contributed by atoms with Crippen molar-refractivity contribution in [3.05, 3.63) is 48.3 Å². The molecule has 0 saturated heterocycles. The molecule has 0 aliphatic carbocycles. The monoisotopic (exact) mass is 270 g/mol. The quantitative estimate of drug-likeness (QED) is 0.793. The van der Waals surface area contributed by atoms with E-state index in [2.05, 4.69) is 15.6 Å². The molecule has 0 fully saturated rings. The minimum absolute atomic E-state index is 0.146. The van der Waals surface area contributed by atoms with Crippen LogP contribution < -0.4 is 16.4 Å². The fraction of sp³-hybridized carbons (Fsp3) is 0.0714. The largest absolute Gasteiger partial charge is 0.397 e. The van der Waals surface area contributed by atoms with Gasteiger partial charge in [0.05, 0.1) is 11.9 Å². The molecule has 2 amide bonds. The van der Waals surface area contributed by atoms with Crippen molar-refractivity contribution in [2.45, 2.75) is 6.92 Å². The molecule has 0 saturated carbocycles. The summed E-state index contributed by atoms with van der Waals surface area (Å²) in [6, 6.07) is 9.96. The lowest BCUT2D eigenvalue weighted by Gasteiger charge is -2.06. The van der Waals surface area contributed by atoms with Gasteiger partial charge < -0.3 is 16.4 Å². The zero-order chi connectivity index (χ0) is 14.5. The van der Waals surface area contributed by atoms with Crippen molar-refractivity contribution in [2.75, 3.05) is 16.4 Å². The number of nitrogen functional groups attached to an aromatic ring is 1. The number of hydrogen-bond donors (Lipinski definition) is 3. The van der Waals surface area contributed by atoms with E-state index in [0.29, 0.717) is 17.1 Å². The summed E-state index contributed by atoms with van der Waals surface area (Å²) in [5.74, 6) is -0.467. The first kappa shape index (κ1) is 13.5. The Morgan fingerprint density at radius 3 is 2.10 bits per heavy atom. The predicted octanol–water partition coefficient (Wildman–Crippen LogP) is 1.87. The second kappa shape index (κ2) is 5.83. The molecule has 0 atom stereocenters. The highest BCUT2D eigenvalue weighted by Crippen LogP contribution is 2.14. The van der Waals surface area contributed by atoms with Gasteiger partial charge in [0, 0.05) is 18.3 Å². The average molecular weight is 270 g/mol. The lowest BCUT2D eigenvalue weighted by Crippen LogP contribution is -2.13. The number of nitrogens with one attached hydrogen (secondary N) is 2. The average Bonchev–Trinajstić information content (AvgIpc) is 2.41. The SMILES string of the molecule is CC(=O)Nc1ccc(NC(=O)c2ccc(N)cn2)cc1. The third-order valence-corrected chi connectivity index (χ3v) is 2.48. The number of nitrogens with zero attached hydrogens (tertiary/aromatic N) is 1. The van der Waals surface area contributed by atoms with Crippen LogP contribution in [0.1, 0.15) is 17.4 Å². The van der Waals surface area contributed by atoms with E-state index in [1.54, 1.807) is 36.4 Å². The van der Waals surface area contributed by atoms with E-state index in [1.807, 2.05) is 0 Å². The first-order chi connectivity index (χ1) is 9.54. The summed E-state index contributed by atoms with van der Waals surface area (Å²) in [4.78, 5) is 26.7. The van der Waals surface area contributed by atoms with Gasteiger partial charge in [-0.05, 0) is 36.4 Å². The standard InChI is InChI=1S/C14H14N4O2/c1-9(19)17-11-3-5-12(6-4-11)18-14(20)13-7-2-10(15)8-16-13/h2-8H,15H2,1H3,(H,17,19)(H,18,20). The van der Waals surface area contributed by atoms with Gasteiger partial charge in [-0.25, -0.2) is 4.98 Å². The molecule has 1 aromatic carbocycles. The Kier molecular flexibility index (Phi) is 3.95. The molecule has 2 rings (SSSR count). The topological polar surface area (TPSA) is 97.1 Å². The van der Waals surface area contributed by atoms with Crippen LogP contribution in [0.15, 0.2) is 42.6 Å². The van der Waals surface area contributed by atoms with Crippen LogP contribution in [-0.4, -0.2) is 16.8 Å². The first-order valence-electron chi connectivity index (χ1n) is 5.95. The number of aromatic nitrogens is 1. The van der Waals surface area contributed by atoms with E-state index in [-0.39, 0.29) is 17.5 Å². The van der Waals surface area contributed by atoms with Crippen molar-refractivity contribution in [1.82, 2.24) is 4.98 Å². The second-order valence-electron chi connectivity index (χ2n) is 4.19. The molecule has 0 unspecified atom stereocenters. The molecule has 0 aliphatic heterocycles. The number of anilines is 3. The summed E-state index contributed by atoms with van der Waals surface area (Å²) >= 11 is 0. The maximum absolute atomic E-state index is 11.9. The third kappa shape index (κ3) is 3.55. The smallest absolute Gasteiger partial charge is 0.274 e. The second-order valence-corrected chi connectivity index (χ2v) is 4.19. The lowest BCUT2D eigenvalue weighted by atomic mass is 10.2. The molecule has 1 heterocycles. The van der Waals surface area contributed by atoms with Crippen LogP contribution in [0.4, 0.5) is 17.1 Å². The molecular formula is C14H14N4O2. The molecular weight excluding hydrogens is 256 g/mol. The predicted molar refractivity (Wildman–Crippen MR) is 77.3 cm³/mol. The minimum atomic E-state index is -0.322. The van der Waals surface area contributed by atoms with Crippen LogP contribution in [0.2, 0.25) is 0 Å². The van der Waals surface area contributed by atoms with Crippen LogP contribution in [-0.2, 0) is 4.79 Å². The molecule has 2 aromatic rings. The van der Waals surface area contributed by atoms with Crippen LogP contribution >= 0.6 is 0 Å². The zero-order valence-electron chi connectivity index (χ0n) is 10.9. The number of amides is 2. The maximum atomic E-state index is 11.9. The van der Waals surface area contributed by atoms with Crippen molar-refractivity contribution < 1.29 is 9.59 Å². The Bertz CT molecular complexity index is 621. The summed E-state index contributed by atoms with van der Waals surface area (Å²) < 4.78 is 0. The minimum Gasteiger partial charge on any atom is -0.397 e. The van der Waals surface area contributed by atoms with Crippen molar-refractivity contribution in [3.63, 3.8) is 0 Å². The Labute approximate surface area is 116 Å². The molecule has 0 bridgehead atoms. The number of pyridine rings is 1. The highest BCUT2D eigenvalue weighted by atomic mass is 16.2. The van der Waals surface area contributed by atoms with Crippen LogP contribution in [0, 0.1) is 0 Å². The van der Waals surface area contributed by atoms with Crippen LogP contribution in [0.25, 0.3) is 0 Å². The van der Waals surface area contributed by atoms with Gasteiger partial charge in [0.2, 0.25) is 5.91 Å². The van der Waals surface area contributed by atoms with Gasteiger partial charge in [-0.2, -0.15) is 0 Å². The van der Waals surface area contributed by atoms with Gasteiger partial charge >= 0.3 is 0 Å². The molecule has 6 heteroatoms. The summed E-state index contributed by atoms with van der Waals surface area (Å²) in [6.07, 6.45) is 1.43. The van der Waals surface area contributed by atoms with Gasteiger partial charge in [0.25, 0.3) is 5.91 Å². The normalized spacial score (nSPS) is 9.85. The van der Waals surface area contributed by atoms with Crippen LogP contribution in [0.3, 0.4) is 0 Å². The number of benzene rings is 1. The molecule has 0 radical (unpaired) electrons. The van der Waals surface area contributed by atoms with Gasteiger partial charge in [0.15, 0.2) is 0 Å². The fourth-order valence-corrected chi connectivity index (χ4v) is 1.57. The Morgan fingerprint density at radius 2 is 1.60 bits per heavy atom. The number of rotatable bonds is 3. The molecule has 0 aliphatic rings. The van der Waals surface area contributed by atoms with E-state index in [4.69, 9.17) is 5.73 Å². The number of carbonyl (C=O) groups excluding carboxylic acids is 2. The van der Waals surface area contributed by atoms with Crippen molar-refractivity contribution in [1.29, 1.82) is 0 Å². The van der Waals surface area contributed by atoms with Crippen molar-refractivity contribution in [3.8, 4) is 0 Å². The molecule has 102 valence electrons. The van der Waals surface area contributed by atoms with Gasteiger partial charge in [-0.3, -0.25) is 9.59 Å². The number of carbonyl (C=O) groups is 2. The van der Waals surface area contributed by atoms with E-state index in [1.165, 1.54) is 13.1 Å². The van der Waals surface area contributed by atoms with E-state index in [9.17, 15) is 9.59 Å². The fourth-order valence-electron chi connectivity index (χ4n) is 1.57. The molecule has 20 heavy (non-hydrogen) atoms. The third-order valence-electron chi connectivity index (χ3n) is 2.48. The first-order valence-corrected chi connectivity index (χ1v) is 5.95. The lowest BCUT2D eigenvalue weighted by molar-refractivity contribution is -0.114. The summed E-state index contributed by atoms with van der Waals surface area (Å²) in [7, 11) is 0. The van der Waals surface area contributed by atoms with Gasteiger partial charge in [-0.1, -0.05) is 0 Å². The summed E-state index contributed by atoms with van der Waals surface area (Å²) in [6.45, 7) is 1.43. The van der Waals surface area contributed by atoms with Crippen molar-refractivity contribution >= 4 is 28.9 Å². The molecule has 6 nitrogen and oxygen atoms in total. The maximum Gasteiger partial charge on any atom is 0.274 e. The summed E-state index contributed by atoms with van der Waals surface area (Å²) in [5.41, 5.74) is 7.57. The van der Waals surface area contributed by atoms with Gasteiger partial charge in [-0.15, -0.1) is 0 Å². The Morgan fingerprint density at radius 1 is 1.00 bits per heavy atom.